The number of pyridine rings is 1. The molecule has 2 aromatic heterocycles. The van der Waals surface area contributed by atoms with Crippen molar-refractivity contribution in [3.8, 4) is 0 Å². The van der Waals surface area contributed by atoms with Crippen LogP contribution >= 0.6 is 11.6 Å². The van der Waals surface area contributed by atoms with Crippen molar-refractivity contribution in [3.63, 3.8) is 0 Å². The molecule has 0 bridgehead atoms. The van der Waals surface area contributed by atoms with Gasteiger partial charge in [-0.1, -0.05) is 48.0 Å². The molecule has 0 aliphatic heterocycles. The second kappa shape index (κ2) is 4.71. The summed E-state index contributed by atoms with van der Waals surface area (Å²) in [6.45, 7) is 0. The Labute approximate surface area is 152 Å². The normalized spacial score (nSPS) is 12.2. The van der Waals surface area contributed by atoms with Gasteiger partial charge in [-0.05, 0) is 35.7 Å². The second-order valence-corrected chi connectivity index (χ2v) is 6.96. The van der Waals surface area contributed by atoms with Crippen molar-refractivity contribution in [1.29, 1.82) is 0 Å². The molecule has 0 radical (unpaired) electrons. The molecular formula is C22H11ClN2O. The molecule has 3 nitrogen and oxygen atoms in total. The van der Waals surface area contributed by atoms with Crippen LogP contribution in [0.2, 0.25) is 5.02 Å². The molecule has 0 atom stereocenters. The average molecular weight is 355 g/mol. The standard InChI is InChI=1S/C22H11ClN2O/c23-16-11-10-14-20-13(16)6-3-7-15(20)22(26)25-18-9-2-5-12-4-1-8-17(19(12)18)24-21(14)25/h1-11H. The highest BCUT2D eigenvalue weighted by Gasteiger charge is 2.16. The molecule has 0 saturated carbocycles. The highest BCUT2D eigenvalue weighted by molar-refractivity contribution is 6.37. The molecule has 0 amide bonds. The minimum Gasteiger partial charge on any atom is -0.268 e. The van der Waals surface area contributed by atoms with E-state index in [0.717, 1.165) is 38.0 Å². The summed E-state index contributed by atoms with van der Waals surface area (Å²) in [5, 5.41) is 6.10. The number of rotatable bonds is 0. The van der Waals surface area contributed by atoms with Gasteiger partial charge in [0.2, 0.25) is 0 Å². The third kappa shape index (κ3) is 1.59. The molecule has 4 heteroatoms. The highest BCUT2D eigenvalue weighted by atomic mass is 35.5. The predicted molar refractivity (Wildman–Crippen MR) is 108 cm³/mol. The number of hydrogen-bond donors (Lipinski definition) is 0. The van der Waals surface area contributed by atoms with E-state index in [-0.39, 0.29) is 5.56 Å². The Kier molecular flexibility index (Phi) is 2.55. The van der Waals surface area contributed by atoms with E-state index in [0.29, 0.717) is 16.1 Å². The van der Waals surface area contributed by atoms with Crippen molar-refractivity contribution in [2.24, 2.45) is 0 Å². The van der Waals surface area contributed by atoms with Crippen molar-refractivity contribution >= 4 is 60.6 Å². The van der Waals surface area contributed by atoms with Gasteiger partial charge in [-0.15, -0.1) is 0 Å². The van der Waals surface area contributed by atoms with Gasteiger partial charge in [-0.25, -0.2) is 4.98 Å². The Balaban J connectivity index is 2.07. The summed E-state index contributed by atoms with van der Waals surface area (Å²) in [4.78, 5) is 18.3. The van der Waals surface area contributed by atoms with Gasteiger partial charge in [0.25, 0.3) is 5.56 Å². The molecule has 0 saturated heterocycles. The third-order valence-electron chi connectivity index (χ3n) is 5.20. The van der Waals surface area contributed by atoms with Crippen LogP contribution in [-0.4, -0.2) is 9.38 Å². The van der Waals surface area contributed by atoms with E-state index in [1.165, 1.54) is 0 Å². The van der Waals surface area contributed by atoms with Crippen molar-refractivity contribution in [3.05, 3.63) is 82.1 Å². The van der Waals surface area contributed by atoms with Crippen LogP contribution in [0, 0.1) is 0 Å². The lowest BCUT2D eigenvalue weighted by Crippen LogP contribution is -2.16. The molecule has 26 heavy (non-hydrogen) atoms. The number of benzene rings is 4. The lowest BCUT2D eigenvalue weighted by Gasteiger charge is -2.14. The fourth-order valence-corrected chi connectivity index (χ4v) is 4.32. The zero-order valence-corrected chi connectivity index (χ0v) is 14.3. The Morgan fingerprint density at radius 3 is 2.42 bits per heavy atom. The van der Waals surface area contributed by atoms with Crippen LogP contribution in [0.5, 0.6) is 0 Å². The summed E-state index contributed by atoms with van der Waals surface area (Å²) in [5.74, 6) is 0. The van der Waals surface area contributed by atoms with E-state index in [4.69, 9.17) is 16.6 Å². The molecule has 0 aliphatic carbocycles. The minimum atomic E-state index is -0.0638. The molecule has 0 fully saturated rings. The molecule has 0 aliphatic rings. The van der Waals surface area contributed by atoms with Crippen molar-refractivity contribution in [2.75, 3.05) is 0 Å². The molecule has 0 N–H and O–H groups in total. The zero-order valence-electron chi connectivity index (χ0n) is 13.5. The first-order valence-electron chi connectivity index (χ1n) is 8.40. The highest BCUT2D eigenvalue weighted by Crippen LogP contribution is 2.34. The lowest BCUT2D eigenvalue weighted by atomic mass is 10.0. The fourth-order valence-electron chi connectivity index (χ4n) is 4.10. The molecule has 0 unspecified atom stereocenters. The van der Waals surface area contributed by atoms with Crippen LogP contribution in [0.1, 0.15) is 0 Å². The Bertz CT molecular complexity index is 1560. The van der Waals surface area contributed by atoms with Crippen LogP contribution in [0.4, 0.5) is 0 Å². The van der Waals surface area contributed by atoms with Crippen LogP contribution in [-0.2, 0) is 0 Å². The zero-order chi connectivity index (χ0) is 17.4. The van der Waals surface area contributed by atoms with Gasteiger partial charge in [-0.2, -0.15) is 0 Å². The van der Waals surface area contributed by atoms with Gasteiger partial charge in [0.1, 0.15) is 5.65 Å². The molecule has 6 aromatic rings. The van der Waals surface area contributed by atoms with Crippen LogP contribution in [0.25, 0.3) is 49.0 Å². The second-order valence-electron chi connectivity index (χ2n) is 6.55. The SMILES string of the molecule is O=c1c2cccc3c(Cl)ccc(c32)c2nc3cccc4cccc(c43)n12. The predicted octanol–water partition coefficient (Wildman–Crippen LogP) is 5.40. The Hall–Kier alpha value is -3.17. The van der Waals surface area contributed by atoms with Crippen molar-refractivity contribution in [1.82, 2.24) is 9.38 Å². The van der Waals surface area contributed by atoms with E-state index in [1.807, 2.05) is 66.7 Å². The van der Waals surface area contributed by atoms with Gasteiger partial charge in [0, 0.05) is 32.0 Å². The lowest BCUT2D eigenvalue weighted by molar-refractivity contribution is 1.15. The number of nitrogens with zero attached hydrogens (tertiary/aromatic N) is 2. The molecule has 2 heterocycles. The molecule has 6 rings (SSSR count). The summed E-state index contributed by atoms with van der Waals surface area (Å²) in [6.07, 6.45) is 0. The van der Waals surface area contributed by atoms with Gasteiger partial charge < -0.3 is 0 Å². The summed E-state index contributed by atoms with van der Waals surface area (Å²) in [7, 11) is 0. The number of halogens is 1. The topological polar surface area (TPSA) is 34.4 Å². The summed E-state index contributed by atoms with van der Waals surface area (Å²) in [5.41, 5.74) is 2.37. The average Bonchev–Trinajstić information content (AvgIpc) is 2.67. The van der Waals surface area contributed by atoms with Gasteiger partial charge in [-0.3, -0.25) is 9.20 Å². The van der Waals surface area contributed by atoms with Crippen LogP contribution < -0.4 is 5.56 Å². The Morgan fingerprint density at radius 2 is 1.54 bits per heavy atom. The summed E-state index contributed by atoms with van der Waals surface area (Å²) < 4.78 is 1.74. The quantitative estimate of drug-likeness (QED) is 0.270. The maximum Gasteiger partial charge on any atom is 0.264 e. The number of hydrogen-bond acceptors (Lipinski definition) is 2. The van der Waals surface area contributed by atoms with Crippen molar-refractivity contribution in [2.45, 2.75) is 0 Å². The van der Waals surface area contributed by atoms with E-state index in [9.17, 15) is 4.79 Å². The van der Waals surface area contributed by atoms with Crippen LogP contribution in [0.3, 0.4) is 0 Å². The number of fused-ring (bicyclic) bond motifs is 3. The third-order valence-corrected chi connectivity index (χ3v) is 5.53. The molecule has 0 spiro atoms. The van der Waals surface area contributed by atoms with E-state index in [1.54, 1.807) is 4.40 Å². The summed E-state index contributed by atoms with van der Waals surface area (Å²) >= 11 is 6.39. The smallest absolute Gasteiger partial charge is 0.264 e. The summed E-state index contributed by atoms with van der Waals surface area (Å²) in [6, 6.07) is 21.6. The van der Waals surface area contributed by atoms with E-state index < -0.39 is 0 Å². The maximum atomic E-state index is 13.4. The monoisotopic (exact) mass is 354 g/mol. The van der Waals surface area contributed by atoms with Crippen LogP contribution in [0.15, 0.2) is 71.5 Å². The first-order chi connectivity index (χ1) is 12.7. The van der Waals surface area contributed by atoms with E-state index >= 15 is 0 Å². The van der Waals surface area contributed by atoms with E-state index in [2.05, 4.69) is 0 Å². The first kappa shape index (κ1) is 14.0. The molecule has 4 aromatic carbocycles. The maximum absolute atomic E-state index is 13.4. The fraction of sp³-hybridized carbons (Fsp3) is 0. The largest absolute Gasteiger partial charge is 0.268 e. The molecular weight excluding hydrogens is 344 g/mol. The minimum absolute atomic E-state index is 0.0638. The van der Waals surface area contributed by atoms with Crippen molar-refractivity contribution < 1.29 is 0 Å². The Morgan fingerprint density at radius 1 is 0.769 bits per heavy atom. The van der Waals surface area contributed by atoms with Gasteiger partial charge >= 0.3 is 0 Å². The first-order valence-corrected chi connectivity index (χ1v) is 8.78. The van der Waals surface area contributed by atoms with Gasteiger partial charge in [0.05, 0.1) is 11.0 Å². The molecule has 122 valence electrons. The van der Waals surface area contributed by atoms with Gasteiger partial charge in [0.15, 0.2) is 0 Å². The number of aromatic nitrogens is 2.